The molecule has 198 valence electrons. The minimum Gasteiger partial charge on any atom is -0.351 e. The third-order valence-corrected chi connectivity index (χ3v) is 8.84. The molecule has 2 amide bonds. The van der Waals surface area contributed by atoms with E-state index in [0.717, 1.165) is 29.3 Å². The number of nitrogens with one attached hydrogen (secondary N) is 1. The molecule has 0 saturated carbocycles. The molecule has 2 heterocycles. The summed E-state index contributed by atoms with van der Waals surface area (Å²) in [7, 11) is 0. The maximum absolute atomic E-state index is 13.8. The quantitative estimate of drug-likeness (QED) is 0.351. The third-order valence-electron chi connectivity index (χ3n) is 7.34. The van der Waals surface area contributed by atoms with Crippen LogP contribution in [-0.4, -0.2) is 42.4 Å². The molecule has 0 aliphatic carbocycles. The van der Waals surface area contributed by atoms with Crippen LogP contribution in [0.15, 0.2) is 70.5 Å². The number of amides is 2. The van der Waals surface area contributed by atoms with E-state index in [1.807, 2.05) is 24.3 Å². The summed E-state index contributed by atoms with van der Waals surface area (Å²) in [4.78, 5) is 32.7. The van der Waals surface area contributed by atoms with Crippen LogP contribution in [0.1, 0.15) is 58.9 Å². The first kappa shape index (κ1) is 26.7. The van der Waals surface area contributed by atoms with Crippen molar-refractivity contribution < 1.29 is 14.0 Å². The van der Waals surface area contributed by atoms with Crippen LogP contribution in [0.3, 0.4) is 0 Å². The van der Waals surface area contributed by atoms with Gasteiger partial charge in [-0.3, -0.25) is 14.5 Å². The summed E-state index contributed by atoms with van der Waals surface area (Å²) in [5.41, 5.74) is 2.32. The highest BCUT2D eigenvalue weighted by atomic mass is 35.5. The maximum Gasteiger partial charge on any atom is 0.259 e. The van der Waals surface area contributed by atoms with Gasteiger partial charge in [0.15, 0.2) is 0 Å². The van der Waals surface area contributed by atoms with E-state index < -0.39 is 5.82 Å². The van der Waals surface area contributed by atoms with Crippen molar-refractivity contribution >= 4 is 40.9 Å². The van der Waals surface area contributed by atoms with Crippen LogP contribution < -0.4 is 10.2 Å². The normalized spacial score (nSPS) is 17.5. The molecular weight excluding hydrogens is 521 g/mol. The summed E-state index contributed by atoms with van der Waals surface area (Å²) in [5, 5.41) is 3.32. The van der Waals surface area contributed by atoms with E-state index >= 15 is 0 Å². The molecule has 0 bridgehead atoms. The molecule has 5 nitrogen and oxygen atoms in total. The van der Waals surface area contributed by atoms with Gasteiger partial charge in [-0.15, -0.1) is 0 Å². The Balaban J connectivity index is 1.40. The van der Waals surface area contributed by atoms with Crippen LogP contribution in [0.5, 0.6) is 0 Å². The van der Waals surface area contributed by atoms with Crippen LogP contribution in [0.25, 0.3) is 0 Å². The second-order valence-electron chi connectivity index (χ2n) is 9.76. The average Bonchev–Trinajstić information content (AvgIpc) is 3.04. The number of hydrogen-bond donors (Lipinski definition) is 1. The van der Waals surface area contributed by atoms with Gasteiger partial charge in [-0.1, -0.05) is 54.9 Å². The summed E-state index contributed by atoms with van der Waals surface area (Å²) in [5.74, 6) is -0.798. The van der Waals surface area contributed by atoms with Gasteiger partial charge in [0.05, 0.1) is 17.8 Å². The van der Waals surface area contributed by atoms with E-state index in [1.165, 1.54) is 43.2 Å². The van der Waals surface area contributed by atoms with Crippen molar-refractivity contribution in [3.63, 3.8) is 0 Å². The maximum atomic E-state index is 13.8. The van der Waals surface area contributed by atoms with Gasteiger partial charge < -0.3 is 10.2 Å². The van der Waals surface area contributed by atoms with Gasteiger partial charge in [0, 0.05) is 39.5 Å². The van der Waals surface area contributed by atoms with Gasteiger partial charge in [-0.2, -0.15) is 0 Å². The highest BCUT2D eigenvalue weighted by Crippen LogP contribution is 2.42. The van der Waals surface area contributed by atoms with E-state index in [9.17, 15) is 14.0 Å². The Bertz CT molecular complexity index is 1350. The topological polar surface area (TPSA) is 52.7 Å². The molecule has 5 rings (SSSR count). The minimum atomic E-state index is -0.434. The molecule has 1 atom stereocenters. The van der Waals surface area contributed by atoms with Gasteiger partial charge in [-0.05, 0) is 73.8 Å². The molecule has 1 saturated heterocycles. The first-order valence-corrected chi connectivity index (χ1v) is 14.3. The summed E-state index contributed by atoms with van der Waals surface area (Å²) >= 11 is 7.83. The molecule has 2 aliphatic rings. The second-order valence-corrected chi connectivity index (χ2v) is 11.2. The van der Waals surface area contributed by atoms with Crippen LogP contribution in [0, 0.1) is 5.82 Å². The molecule has 1 N–H and O–H groups in total. The first-order valence-electron chi connectivity index (χ1n) is 13.1. The fourth-order valence-electron chi connectivity index (χ4n) is 5.27. The van der Waals surface area contributed by atoms with Crippen LogP contribution >= 0.6 is 23.4 Å². The average molecular weight is 552 g/mol. The molecule has 1 fully saturated rings. The highest BCUT2D eigenvalue weighted by molar-refractivity contribution is 7.99. The molecule has 0 spiro atoms. The number of hydrogen-bond acceptors (Lipinski definition) is 4. The summed E-state index contributed by atoms with van der Waals surface area (Å²) in [6.07, 6.45) is 4.83. The third kappa shape index (κ3) is 5.75. The second kappa shape index (κ2) is 11.9. The fourth-order valence-corrected chi connectivity index (χ4v) is 6.56. The smallest absolute Gasteiger partial charge is 0.259 e. The molecule has 2 aliphatic heterocycles. The first-order chi connectivity index (χ1) is 18.4. The molecule has 8 heteroatoms. The highest BCUT2D eigenvalue weighted by Gasteiger charge is 2.29. The standard InChI is InChI=1S/C30H31ClFN3O2S/c1-2-23-7-5-6-15-34(23)16-14-33-29(36)20-11-13-28-26(17-20)35(19-21-10-12-22(32)18-25(21)31)30(37)24-8-3-4-9-27(24)38-28/h3-4,8-13,17-18,23H,2,5-7,14-16,19H2,1H3,(H,33,36)/t23-/m1/s1. The summed E-state index contributed by atoms with van der Waals surface area (Å²) in [6, 6.07) is 17.7. The lowest BCUT2D eigenvalue weighted by molar-refractivity contribution is 0.0932. The van der Waals surface area contributed by atoms with Gasteiger partial charge in [0.1, 0.15) is 5.82 Å². The lowest BCUT2D eigenvalue weighted by atomic mass is 10.0. The molecular formula is C30H31ClFN3O2S. The Morgan fingerprint density at radius 2 is 1.95 bits per heavy atom. The summed E-state index contributed by atoms with van der Waals surface area (Å²) < 4.78 is 13.7. The minimum absolute atomic E-state index is 0.151. The predicted octanol–water partition coefficient (Wildman–Crippen LogP) is 6.79. The largest absolute Gasteiger partial charge is 0.351 e. The van der Waals surface area contributed by atoms with Crippen molar-refractivity contribution in [1.82, 2.24) is 10.2 Å². The predicted molar refractivity (Wildman–Crippen MR) is 151 cm³/mol. The van der Waals surface area contributed by atoms with E-state index in [1.54, 1.807) is 29.2 Å². The molecule has 0 radical (unpaired) electrons. The van der Waals surface area contributed by atoms with E-state index in [2.05, 4.69) is 17.1 Å². The molecule has 3 aromatic rings. The van der Waals surface area contributed by atoms with Gasteiger partial charge in [-0.25, -0.2) is 4.39 Å². The number of benzene rings is 3. The number of halogens is 2. The van der Waals surface area contributed by atoms with Gasteiger partial charge >= 0.3 is 0 Å². The number of rotatable bonds is 7. The van der Waals surface area contributed by atoms with Gasteiger partial charge in [0.2, 0.25) is 0 Å². The van der Waals surface area contributed by atoms with Crippen LogP contribution in [-0.2, 0) is 6.54 Å². The SMILES string of the molecule is CC[C@@H]1CCCCN1CCNC(=O)c1ccc2c(c1)N(Cc1ccc(F)cc1Cl)C(=O)c1ccccc1S2. The van der Waals surface area contributed by atoms with Crippen molar-refractivity contribution in [3.05, 3.63) is 88.2 Å². The molecule has 3 aromatic carbocycles. The fraction of sp³-hybridized carbons (Fsp3) is 0.333. The molecule has 0 aromatic heterocycles. The van der Waals surface area contributed by atoms with Crippen molar-refractivity contribution in [2.24, 2.45) is 0 Å². The van der Waals surface area contributed by atoms with E-state index in [-0.39, 0.29) is 23.4 Å². The Morgan fingerprint density at radius 3 is 2.76 bits per heavy atom. The van der Waals surface area contributed by atoms with Gasteiger partial charge in [0.25, 0.3) is 11.8 Å². The number of nitrogens with zero attached hydrogens (tertiary/aromatic N) is 2. The molecule has 38 heavy (non-hydrogen) atoms. The number of anilines is 1. The van der Waals surface area contributed by atoms with Crippen LogP contribution in [0.4, 0.5) is 10.1 Å². The monoisotopic (exact) mass is 551 g/mol. The number of fused-ring (bicyclic) bond motifs is 2. The Kier molecular flexibility index (Phi) is 8.36. The van der Waals surface area contributed by atoms with E-state index in [0.29, 0.717) is 35.0 Å². The number of piperidine rings is 1. The zero-order valence-electron chi connectivity index (χ0n) is 21.4. The van der Waals surface area contributed by atoms with Crippen molar-refractivity contribution in [2.45, 2.75) is 55.0 Å². The zero-order chi connectivity index (χ0) is 26.6. The lowest BCUT2D eigenvalue weighted by Gasteiger charge is -2.35. The Labute approximate surface area is 232 Å². The number of carbonyl (C=O) groups is 2. The Hall–Kier alpha value is -2.87. The zero-order valence-corrected chi connectivity index (χ0v) is 23.0. The van der Waals surface area contributed by atoms with Crippen molar-refractivity contribution in [3.8, 4) is 0 Å². The number of carbonyl (C=O) groups excluding carboxylic acids is 2. The van der Waals surface area contributed by atoms with Crippen molar-refractivity contribution in [1.29, 1.82) is 0 Å². The lowest BCUT2D eigenvalue weighted by Crippen LogP contribution is -2.43. The van der Waals surface area contributed by atoms with E-state index in [4.69, 9.17) is 11.6 Å². The molecule has 0 unspecified atom stereocenters. The van der Waals surface area contributed by atoms with Crippen LogP contribution in [0.2, 0.25) is 5.02 Å². The van der Waals surface area contributed by atoms with Crippen molar-refractivity contribution in [2.75, 3.05) is 24.5 Å². The Morgan fingerprint density at radius 1 is 1.11 bits per heavy atom. The summed E-state index contributed by atoms with van der Waals surface area (Å²) in [6.45, 7) is 4.85. The number of likely N-dealkylation sites (tertiary alicyclic amines) is 1.